The second-order valence-corrected chi connectivity index (χ2v) is 5.29. The lowest BCUT2D eigenvalue weighted by Gasteiger charge is -2.22. The summed E-state index contributed by atoms with van der Waals surface area (Å²) in [4.78, 5) is 0. The Balaban J connectivity index is 2.66. The van der Waals surface area contributed by atoms with E-state index in [0.717, 1.165) is 31.4 Å². The normalized spacial score (nSPS) is 14.4. The predicted octanol–water partition coefficient (Wildman–Crippen LogP) is 3.81. The van der Waals surface area contributed by atoms with Crippen LogP contribution in [0.1, 0.15) is 32.3 Å². The molecule has 19 heavy (non-hydrogen) atoms. The van der Waals surface area contributed by atoms with E-state index in [1.807, 2.05) is 13.0 Å². The van der Waals surface area contributed by atoms with Crippen molar-refractivity contribution in [3.05, 3.63) is 34.6 Å². The molecule has 4 heteroatoms. The highest BCUT2D eigenvalue weighted by molar-refractivity contribution is 6.30. The van der Waals surface area contributed by atoms with Gasteiger partial charge in [0.1, 0.15) is 5.82 Å². The van der Waals surface area contributed by atoms with Crippen LogP contribution in [-0.2, 0) is 11.2 Å². The number of benzene rings is 1. The standard InChI is InChI=1S/C15H23ClFNO/c1-4-7-18-13(8-11(2)19-3)9-12-5-6-14(16)15(17)10-12/h5-6,10-11,13,18H,4,7-9H2,1-3H3. The monoisotopic (exact) mass is 287 g/mol. The van der Waals surface area contributed by atoms with E-state index in [9.17, 15) is 4.39 Å². The number of rotatable bonds is 8. The van der Waals surface area contributed by atoms with Crippen LogP contribution in [0.25, 0.3) is 0 Å². The molecule has 0 saturated heterocycles. The Morgan fingerprint density at radius 1 is 1.42 bits per heavy atom. The van der Waals surface area contributed by atoms with Crippen molar-refractivity contribution in [3.63, 3.8) is 0 Å². The molecule has 0 saturated carbocycles. The Kier molecular flexibility index (Phi) is 7.36. The van der Waals surface area contributed by atoms with Crippen LogP contribution >= 0.6 is 11.6 Å². The molecule has 0 amide bonds. The molecule has 0 aliphatic rings. The third-order valence-corrected chi connectivity index (χ3v) is 3.47. The van der Waals surface area contributed by atoms with Gasteiger partial charge in [-0.25, -0.2) is 4.39 Å². The maximum atomic E-state index is 13.4. The van der Waals surface area contributed by atoms with E-state index in [0.29, 0.717) is 0 Å². The smallest absolute Gasteiger partial charge is 0.142 e. The quantitative estimate of drug-likeness (QED) is 0.785. The highest BCUT2D eigenvalue weighted by Crippen LogP contribution is 2.17. The summed E-state index contributed by atoms with van der Waals surface area (Å²) in [6.45, 7) is 5.13. The maximum absolute atomic E-state index is 13.4. The van der Waals surface area contributed by atoms with Crippen LogP contribution in [0.2, 0.25) is 5.02 Å². The van der Waals surface area contributed by atoms with Gasteiger partial charge in [0.2, 0.25) is 0 Å². The van der Waals surface area contributed by atoms with Gasteiger partial charge in [-0.15, -0.1) is 0 Å². The molecule has 2 unspecified atom stereocenters. The van der Waals surface area contributed by atoms with Crippen LogP contribution in [0.5, 0.6) is 0 Å². The van der Waals surface area contributed by atoms with Crippen LogP contribution in [0.4, 0.5) is 4.39 Å². The molecule has 0 aliphatic carbocycles. The third kappa shape index (κ3) is 5.89. The summed E-state index contributed by atoms with van der Waals surface area (Å²) >= 11 is 5.70. The summed E-state index contributed by atoms with van der Waals surface area (Å²) < 4.78 is 18.7. The average molecular weight is 288 g/mol. The van der Waals surface area contributed by atoms with E-state index >= 15 is 0 Å². The van der Waals surface area contributed by atoms with Gasteiger partial charge in [0.15, 0.2) is 0 Å². The first kappa shape index (κ1) is 16.4. The Morgan fingerprint density at radius 3 is 2.74 bits per heavy atom. The molecule has 1 rings (SSSR count). The van der Waals surface area contributed by atoms with Gasteiger partial charge in [-0.1, -0.05) is 24.6 Å². The topological polar surface area (TPSA) is 21.3 Å². The molecule has 0 spiro atoms. The molecule has 0 fully saturated rings. The largest absolute Gasteiger partial charge is 0.382 e. The Hall–Kier alpha value is -0.640. The van der Waals surface area contributed by atoms with Crippen molar-refractivity contribution in [2.24, 2.45) is 0 Å². The number of methoxy groups -OCH3 is 1. The van der Waals surface area contributed by atoms with Crippen LogP contribution in [-0.4, -0.2) is 25.8 Å². The first-order valence-corrected chi connectivity index (χ1v) is 7.14. The fourth-order valence-corrected chi connectivity index (χ4v) is 2.15. The van der Waals surface area contributed by atoms with Gasteiger partial charge >= 0.3 is 0 Å². The van der Waals surface area contributed by atoms with Crippen molar-refractivity contribution in [1.82, 2.24) is 5.32 Å². The van der Waals surface area contributed by atoms with E-state index in [2.05, 4.69) is 12.2 Å². The molecule has 0 bridgehead atoms. The van der Waals surface area contributed by atoms with Crippen molar-refractivity contribution in [2.45, 2.75) is 45.3 Å². The molecule has 108 valence electrons. The second kappa shape index (κ2) is 8.51. The van der Waals surface area contributed by atoms with Gasteiger partial charge in [0.25, 0.3) is 0 Å². The van der Waals surface area contributed by atoms with Gasteiger partial charge in [0, 0.05) is 13.2 Å². The third-order valence-electron chi connectivity index (χ3n) is 3.17. The van der Waals surface area contributed by atoms with Crippen molar-refractivity contribution in [1.29, 1.82) is 0 Å². The van der Waals surface area contributed by atoms with Crippen LogP contribution < -0.4 is 5.32 Å². The van der Waals surface area contributed by atoms with Crippen molar-refractivity contribution in [3.8, 4) is 0 Å². The highest BCUT2D eigenvalue weighted by Gasteiger charge is 2.14. The average Bonchev–Trinajstić information content (AvgIpc) is 2.40. The summed E-state index contributed by atoms with van der Waals surface area (Å²) in [6, 6.07) is 5.29. The predicted molar refractivity (Wildman–Crippen MR) is 78.3 cm³/mol. The molecule has 0 aliphatic heterocycles. The minimum Gasteiger partial charge on any atom is -0.382 e. The zero-order valence-electron chi connectivity index (χ0n) is 11.9. The Morgan fingerprint density at radius 2 is 2.16 bits per heavy atom. The molecule has 1 N–H and O–H groups in total. The van der Waals surface area contributed by atoms with Crippen molar-refractivity contribution >= 4 is 11.6 Å². The number of halogens is 2. The van der Waals surface area contributed by atoms with Crippen molar-refractivity contribution in [2.75, 3.05) is 13.7 Å². The van der Waals surface area contributed by atoms with Gasteiger partial charge in [-0.3, -0.25) is 0 Å². The SMILES string of the molecule is CCCNC(Cc1ccc(Cl)c(F)c1)CC(C)OC. The van der Waals surface area contributed by atoms with Gasteiger partial charge in [0.05, 0.1) is 11.1 Å². The molecular formula is C15H23ClFNO. The van der Waals surface area contributed by atoms with Gasteiger partial charge in [-0.05, 0) is 50.4 Å². The minimum atomic E-state index is -0.354. The van der Waals surface area contributed by atoms with Crippen molar-refractivity contribution < 1.29 is 9.13 Å². The van der Waals surface area contributed by atoms with Crippen LogP contribution in [0, 0.1) is 5.82 Å². The fourth-order valence-electron chi connectivity index (χ4n) is 2.04. The summed E-state index contributed by atoms with van der Waals surface area (Å²) in [5.41, 5.74) is 0.957. The molecule has 1 aromatic rings. The number of hydrogen-bond donors (Lipinski definition) is 1. The van der Waals surface area contributed by atoms with Crippen LogP contribution in [0.3, 0.4) is 0 Å². The van der Waals surface area contributed by atoms with E-state index in [-0.39, 0.29) is 23.0 Å². The van der Waals surface area contributed by atoms with E-state index in [4.69, 9.17) is 16.3 Å². The van der Waals surface area contributed by atoms with E-state index in [1.165, 1.54) is 6.07 Å². The van der Waals surface area contributed by atoms with E-state index in [1.54, 1.807) is 13.2 Å². The summed E-state index contributed by atoms with van der Waals surface area (Å²) in [5, 5.41) is 3.65. The Labute approximate surface area is 120 Å². The molecule has 2 atom stereocenters. The summed E-state index contributed by atoms with van der Waals surface area (Å²) in [5.74, 6) is -0.354. The lowest BCUT2D eigenvalue weighted by atomic mass is 10.0. The number of ether oxygens (including phenoxy) is 1. The lowest BCUT2D eigenvalue weighted by molar-refractivity contribution is 0.100. The molecule has 0 heterocycles. The molecular weight excluding hydrogens is 265 g/mol. The zero-order chi connectivity index (χ0) is 14.3. The highest BCUT2D eigenvalue weighted by atomic mass is 35.5. The van der Waals surface area contributed by atoms with Gasteiger partial charge < -0.3 is 10.1 Å². The van der Waals surface area contributed by atoms with Crippen LogP contribution in [0.15, 0.2) is 18.2 Å². The van der Waals surface area contributed by atoms with Gasteiger partial charge in [-0.2, -0.15) is 0 Å². The summed E-state index contributed by atoms with van der Waals surface area (Å²) in [6.07, 6.45) is 2.95. The molecule has 0 radical (unpaired) electrons. The molecule has 2 nitrogen and oxygen atoms in total. The zero-order valence-corrected chi connectivity index (χ0v) is 12.6. The number of hydrogen-bond acceptors (Lipinski definition) is 2. The fraction of sp³-hybridized carbons (Fsp3) is 0.600. The molecule has 1 aromatic carbocycles. The lowest BCUT2D eigenvalue weighted by Crippen LogP contribution is -2.35. The second-order valence-electron chi connectivity index (χ2n) is 4.89. The maximum Gasteiger partial charge on any atom is 0.142 e. The van der Waals surface area contributed by atoms with E-state index < -0.39 is 0 Å². The summed E-state index contributed by atoms with van der Waals surface area (Å²) in [7, 11) is 1.71. The minimum absolute atomic E-state index is 0.173. The first-order valence-electron chi connectivity index (χ1n) is 6.76. The molecule has 0 aromatic heterocycles. The number of nitrogens with one attached hydrogen (secondary N) is 1. The Bertz CT molecular complexity index is 386. The first-order chi connectivity index (χ1) is 9.06.